The van der Waals surface area contributed by atoms with Gasteiger partial charge in [0.15, 0.2) is 0 Å². The van der Waals surface area contributed by atoms with Crippen LogP contribution in [-0.4, -0.2) is 43.8 Å². The molecule has 1 fully saturated rings. The molecule has 0 aliphatic carbocycles. The molecule has 2 heterocycles. The van der Waals surface area contributed by atoms with Crippen LogP contribution >= 0.6 is 0 Å². The lowest BCUT2D eigenvalue weighted by Gasteiger charge is -2.28. The highest BCUT2D eigenvalue weighted by molar-refractivity contribution is 7.86. The zero-order chi connectivity index (χ0) is 15.5. The number of piperidine rings is 1. The van der Waals surface area contributed by atoms with Crippen LogP contribution < -0.4 is 15.2 Å². The minimum Gasteiger partial charge on any atom is -0.481 e. The number of rotatable bonds is 4. The number of nitrogens with two attached hydrogens (primary N) is 1. The van der Waals surface area contributed by atoms with Gasteiger partial charge in [0.1, 0.15) is 0 Å². The SMILES string of the molecule is COc1ccc(NC(=O)C2CCN(S(N)(=O)=O)CC2)cn1. The largest absolute Gasteiger partial charge is 0.481 e. The fourth-order valence-corrected chi connectivity index (χ4v) is 2.91. The molecule has 8 nitrogen and oxygen atoms in total. The molecule has 1 saturated heterocycles. The van der Waals surface area contributed by atoms with E-state index in [1.165, 1.54) is 17.6 Å². The predicted molar refractivity (Wildman–Crippen MR) is 76.8 cm³/mol. The standard InChI is InChI=1S/C12H18N4O4S/c1-20-11-3-2-10(8-14-11)15-12(17)9-4-6-16(7-5-9)21(13,18)19/h2-3,8-9H,4-7H2,1H3,(H,15,17)(H2,13,18,19). The summed E-state index contributed by atoms with van der Waals surface area (Å²) in [5.41, 5.74) is 0.578. The zero-order valence-electron chi connectivity index (χ0n) is 11.7. The number of nitrogens with zero attached hydrogens (tertiary/aromatic N) is 2. The first-order valence-electron chi connectivity index (χ1n) is 6.49. The number of carbonyl (C=O) groups excluding carboxylic acids is 1. The van der Waals surface area contributed by atoms with Crippen LogP contribution in [-0.2, 0) is 15.0 Å². The lowest BCUT2D eigenvalue weighted by Crippen LogP contribution is -2.44. The molecule has 0 atom stereocenters. The van der Waals surface area contributed by atoms with Gasteiger partial charge in [0, 0.05) is 25.1 Å². The molecular formula is C12H18N4O4S. The van der Waals surface area contributed by atoms with Crippen LogP contribution in [0.3, 0.4) is 0 Å². The first-order chi connectivity index (χ1) is 9.90. The van der Waals surface area contributed by atoms with Crippen LogP contribution in [0, 0.1) is 5.92 Å². The Hall–Kier alpha value is -1.71. The van der Waals surface area contributed by atoms with Crippen LogP contribution in [0.25, 0.3) is 0 Å². The van der Waals surface area contributed by atoms with Crippen LogP contribution in [0.1, 0.15) is 12.8 Å². The Kier molecular flexibility index (Phi) is 4.76. The van der Waals surface area contributed by atoms with Crippen molar-refractivity contribution in [3.8, 4) is 5.88 Å². The molecule has 0 radical (unpaired) electrons. The van der Waals surface area contributed by atoms with Gasteiger partial charge in [0.05, 0.1) is 19.0 Å². The zero-order valence-corrected chi connectivity index (χ0v) is 12.5. The van der Waals surface area contributed by atoms with E-state index in [0.717, 1.165) is 0 Å². The smallest absolute Gasteiger partial charge is 0.276 e. The Morgan fingerprint density at radius 3 is 2.57 bits per heavy atom. The third kappa shape index (κ3) is 4.13. The van der Waals surface area contributed by atoms with Gasteiger partial charge < -0.3 is 10.1 Å². The highest BCUT2D eigenvalue weighted by Gasteiger charge is 2.29. The number of carbonyl (C=O) groups is 1. The van der Waals surface area contributed by atoms with Gasteiger partial charge in [-0.3, -0.25) is 4.79 Å². The number of pyridine rings is 1. The summed E-state index contributed by atoms with van der Waals surface area (Å²) in [6, 6.07) is 3.35. The summed E-state index contributed by atoms with van der Waals surface area (Å²) in [4.78, 5) is 16.1. The molecule has 0 aromatic carbocycles. The van der Waals surface area contributed by atoms with Gasteiger partial charge in [0.25, 0.3) is 10.2 Å². The molecule has 1 aliphatic rings. The topological polar surface area (TPSA) is 115 Å². The summed E-state index contributed by atoms with van der Waals surface area (Å²) in [5, 5.41) is 7.82. The molecule has 3 N–H and O–H groups in total. The average molecular weight is 314 g/mol. The molecule has 116 valence electrons. The number of methoxy groups -OCH3 is 1. The molecular weight excluding hydrogens is 296 g/mol. The van der Waals surface area contributed by atoms with E-state index in [9.17, 15) is 13.2 Å². The van der Waals surface area contributed by atoms with Crippen LogP contribution in [0.4, 0.5) is 5.69 Å². The fourth-order valence-electron chi connectivity index (χ4n) is 2.19. The van der Waals surface area contributed by atoms with Gasteiger partial charge in [-0.1, -0.05) is 0 Å². The maximum Gasteiger partial charge on any atom is 0.276 e. The summed E-state index contributed by atoms with van der Waals surface area (Å²) in [5.74, 6) is 0.0931. The van der Waals surface area contributed by atoms with E-state index in [0.29, 0.717) is 24.4 Å². The first kappa shape index (κ1) is 15.7. The molecule has 0 saturated carbocycles. The van der Waals surface area contributed by atoms with E-state index < -0.39 is 10.2 Å². The van der Waals surface area contributed by atoms with Gasteiger partial charge in [-0.25, -0.2) is 10.1 Å². The molecule has 0 spiro atoms. The number of aromatic nitrogens is 1. The predicted octanol–water partition coefficient (Wildman–Crippen LogP) is -0.0558. The molecule has 21 heavy (non-hydrogen) atoms. The van der Waals surface area contributed by atoms with Crippen molar-refractivity contribution in [1.82, 2.24) is 9.29 Å². The van der Waals surface area contributed by atoms with Crippen molar-refractivity contribution in [2.45, 2.75) is 12.8 Å². The number of nitrogens with one attached hydrogen (secondary N) is 1. The average Bonchev–Trinajstić information content (AvgIpc) is 2.47. The number of hydrogen-bond acceptors (Lipinski definition) is 5. The Morgan fingerprint density at radius 2 is 2.10 bits per heavy atom. The number of ether oxygens (including phenoxy) is 1. The normalized spacial score (nSPS) is 17.4. The minimum absolute atomic E-state index is 0.143. The Labute approximate surface area is 123 Å². The number of amides is 1. The van der Waals surface area contributed by atoms with Crippen molar-refractivity contribution in [2.75, 3.05) is 25.5 Å². The third-order valence-corrected chi connectivity index (χ3v) is 4.48. The Balaban J connectivity index is 1.90. The first-order valence-corrected chi connectivity index (χ1v) is 7.99. The number of hydrogen-bond donors (Lipinski definition) is 2. The van der Waals surface area contributed by atoms with Crippen molar-refractivity contribution < 1.29 is 17.9 Å². The van der Waals surface area contributed by atoms with E-state index in [2.05, 4.69) is 10.3 Å². The molecule has 0 bridgehead atoms. The van der Waals surface area contributed by atoms with E-state index in [4.69, 9.17) is 9.88 Å². The third-order valence-electron chi connectivity index (χ3n) is 3.40. The van der Waals surface area contributed by atoms with Crippen molar-refractivity contribution in [3.05, 3.63) is 18.3 Å². The van der Waals surface area contributed by atoms with Gasteiger partial charge in [-0.2, -0.15) is 12.7 Å². The maximum absolute atomic E-state index is 12.1. The van der Waals surface area contributed by atoms with Crippen molar-refractivity contribution in [3.63, 3.8) is 0 Å². The lowest BCUT2D eigenvalue weighted by atomic mass is 9.97. The van der Waals surface area contributed by atoms with E-state index in [1.807, 2.05) is 0 Å². The lowest BCUT2D eigenvalue weighted by molar-refractivity contribution is -0.120. The molecule has 1 aliphatic heterocycles. The van der Waals surface area contributed by atoms with Crippen molar-refractivity contribution in [2.24, 2.45) is 11.1 Å². The minimum atomic E-state index is -3.66. The molecule has 0 unspecified atom stereocenters. The monoisotopic (exact) mass is 314 g/mol. The molecule has 1 amide bonds. The molecule has 2 rings (SSSR count). The van der Waals surface area contributed by atoms with E-state index in [1.54, 1.807) is 12.1 Å². The van der Waals surface area contributed by atoms with Crippen LogP contribution in [0.5, 0.6) is 5.88 Å². The van der Waals surface area contributed by atoms with Gasteiger partial charge in [-0.15, -0.1) is 0 Å². The summed E-state index contributed by atoms with van der Waals surface area (Å²) in [7, 11) is -2.15. The van der Waals surface area contributed by atoms with Crippen molar-refractivity contribution >= 4 is 21.8 Å². The number of anilines is 1. The van der Waals surface area contributed by atoms with Crippen molar-refractivity contribution in [1.29, 1.82) is 0 Å². The van der Waals surface area contributed by atoms with Gasteiger partial charge in [-0.05, 0) is 18.9 Å². The van der Waals surface area contributed by atoms with Crippen LogP contribution in [0.2, 0.25) is 0 Å². The maximum atomic E-state index is 12.1. The van der Waals surface area contributed by atoms with Gasteiger partial charge >= 0.3 is 0 Å². The summed E-state index contributed by atoms with van der Waals surface area (Å²) >= 11 is 0. The Morgan fingerprint density at radius 1 is 1.43 bits per heavy atom. The highest BCUT2D eigenvalue weighted by Crippen LogP contribution is 2.20. The summed E-state index contributed by atoms with van der Waals surface area (Å²) in [6.07, 6.45) is 2.41. The van der Waals surface area contributed by atoms with Gasteiger partial charge in [0.2, 0.25) is 11.8 Å². The van der Waals surface area contributed by atoms with E-state index in [-0.39, 0.29) is 24.9 Å². The second-order valence-electron chi connectivity index (χ2n) is 4.80. The highest BCUT2D eigenvalue weighted by atomic mass is 32.2. The second kappa shape index (κ2) is 6.37. The molecule has 1 aromatic rings. The summed E-state index contributed by atoms with van der Waals surface area (Å²) in [6.45, 7) is 0.523. The van der Waals surface area contributed by atoms with Crippen LogP contribution in [0.15, 0.2) is 18.3 Å². The van der Waals surface area contributed by atoms with E-state index >= 15 is 0 Å². The Bertz CT molecular complexity index is 594. The fraction of sp³-hybridized carbons (Fsp3) is 0.500. The quantitative estimate of drug-likeness (QED) is 0.808. The second-order valence-corrected chi connectivity index (χ2v) is 6.34. The molecule has 9 heteroatoms. The summed E-state index contributed by atoms with van der Waals surface area (Å²) < 4.78 is 28.5. The molecule has 1 aromatic heterocycles.